The standard InChI is InChI=1S/C13H17FN2O2/c14-10-8-12-13(18-7-6-17-12)15-11(10)9-16-4-2-1-3-5-16/h8H,1-7,9H2. The van der Waals surface area contributed by atoms with Crippen LogP contribution in [0.5, 0.6) is 11.6 Å². The number of piperidine rings is 1. The Kier molecular flexibility index (Phi) is 3.32. The molecule has 3 heterocycles. The van der Waals surface area contributed by atoms with Gasteiger partial charge in [0.2, 0.25) is 0 Å². The van der Waals surface area contributed by atoms with Crippen LogP contribution in [0.25, 0.3) is 0 Å². The molecule has 3 rings (SSSR count). The average Bonchev–Trinajstić information content (AvgIpc) is 2.41. The predicted molar refractivity (Wildman–Crippen MR) is 64.3 cm³/mol. The van der Waals surface area contributed by atoms with E-state index in [0.717, 1.165) is 13.1 Å². The van der Waals surface area contributed by atoms with Crippen molar-refractivity contribution in [1.82, 2.24) is 9.88 Å². The summed E-state index contributed by atoms with van der Waals surface area (Å²) in [6.45, 7) is 3.54. The first-order valence-corrected chi connectivity index (χ1v) is 6.50. The van der Waals surface area contributed by atoms with E-state index in [1.807, 2.05) is 0 Å². The highest BCUT2D eigenvalue weighted by molar-refractivity contribution is 5.36. The van der Waals surface area contributed by atoms with Gasteiger partial charge in [-0.25, -0.2) is 9.37 Å². The van der Waals surface area contributed by atoms with Crippen molar-refractivity contribution in [3.8, 4) is 11.6 Å². The van der Waals surface area contributed by atoms with E-state index in [9.17, 15) is 4.39 Å². The number of fused-ring (bicyclic) bond motifs is 1. The molecule has 0 bridgehead atoms. The van der Waals surface area contributed by atoms with Crippen molar-refractivity contribution in [2.75, 3.05) is 26.3 Å². The summed E-state index contributed by atoms with van der Waals surface area (Å²) in [4.78, 5) is 6.48. The Labute approximate surface area is 106 Å². The van der Waals surface area contributed by atoms with Crippen LogP contribution in [0.3, 0.4) is 0 Å². The lowest BCUT2D eigenvalue weighted by atomic mass is 10.1. The second-order valence-corrected chi connectivity index (χ2v) is 4.75. The van der Waals surface area contributed by atoms with Crippen molar-refractivity contribution < 1.29 is 13.9 Å². The molecule has 0 spiro atoms. The van der Waals surface area contributed by atoms with Crippen LogP contribution in [0.1, 0.15) is 25.0 Å². The number of hydrogen-bond donors (Lipinski definition) is 0. The van der Waals surface area contributed by atoms with E-state index in [2.05, 4.69) is 9.88 Å². The molecule has 0 radical (unpaired) electrons. The number of aromatic nitrogens is 1. The Hall–Kier alpha value is -1.36. The van der Waals surface area contributed by atoms with Gasteiger partial charge in [0.25, 0.3) is 5.88 Å². The fraction of sp³-hybridized carbons (Fsp3) is 0.615. The van der Waals surface area contributed by atoms with Gasteiger partial charge in [0.1, 0.15) is 19.0 Å². The largest absolute Gasteiger partial charge is 0.484 e. The van der Waals surface area contributed by atoms with Gasteiger partial charge in [0.15, 0.2) is 5.75 Å². The maximum Gasteiger partial charge on any atom is 0.257 e. The highest BCUT2D eigenvalue weighted by atomic mass is 19.1. The minimum atomic E-state index is -0.301. The lowest BCUT2D eigenvalue weighted by Gasteiger charge is -2.26. The molecule has 1 fully saturated rings. The third-order valence-electron chi connectivity index (χ3n) is 3.38. The quantitative estimate of drug-likeness (QED) is 0.806. The Balaban J connectivity index is 1.78. The smallest absolute Gasteiger partial charge is 0.257 e. The van der Waals surface area contributed by atoms with E-state index in [4.69, 9.17) is 9.47 Å². The summed E-state index contributed by atoms with van der Waals surface area (Å²) in [6.07, 6.45) is 3.64. The van der Waals surface area contributed by atoms with Crippen LogP contribution in [0.15, 0.2) is 6.07 Å². The monoisotopic (exact) mass is 252 g/mol. The molecule has 1 saturated heterocycles. The molecule has 0 unspecified atom stereocenters. The van der Waals surface area contributed by atoms with Gasteiger partial charge in [-0.15, -0.1) is 0 Å². The van der Waals surface area contributed by atoms with Gasteiger partial charge in [-0.1, -0.05) is 6.42 Å². The van der Waals surface area contributed by atoms with E-state index < -0.39 is 0 Å². The van der Waals surface area contributed by atoms with E-state index >= 15 is 0 Å². The molecule has 0 atom stereocenters. The minimum Gasteiger partial charge on any atom is -0.484 e. The van der Waals surface area contributed by atoms with Crippen molar-refractivity contribution in [2.45, 2.75) is 25.8 Å². The number of ether oxygens (including phenoxy) is 2. The van der Waals surface area contributed by atoms with Gasteiger partial charge in [-0.3, -0.25) is 4.90 Å². The maximum atomic E-state index is 13.9. The molecular weight excluding hydrogens is 235 g/mol. The van der Waals surface area contributed by atoms with E-state index in [0.29, 0.717) is 37.1 Å². The second kappa shape index (κ2) is 5.10. The fourth-order valence-corrected chi connectivity index (χ4v) is 2.43. The summed E-state index contributed by atoms with van der Waals surface area (Å²) in [5.74, 6) is 0.542. The molecule has 0 N–H and O–H groups in total. The SMILES string of the molecule is Fc1cc2c(nc1CN1CCCCC1)OCCO2. The van der Waals surface area contributed by atoms with Crippen LogP contribution >= 0.6 is 0 Å². The van der Waals surface area contributed by atoms with E-state index in [1.165, 1.54) is 25.3 Å². The highest BCUT2D eigenvalue weighted by Gasteiger charge is 2.20. The summed E-state index contributed by atoms with van der Waals surface area (Å²) in [6, 6.07) is 1.39. The summed E-state index contributed by atoms with van der Waals surface area (Å²) < 4.78 is 24.6. The fourth-order valence-electron chi connectivity index (χ4n) is 2.43. The molecule has 5 heteroatoms. The van der Waals surface area contributed by atoms with Crippen LogP contribution < -0.4 is 9.47 Å². The highest BCUT2D eigenvalue weighted by Crippen LogP contribution is 2.30. The normalized spacial score (nSPS) is 19.8. The molecule has 4 nitrogen and oxygen atoms in total. The first-order valence-electron chi connectivity index (χ1n) is 6.50. The van der Waals surface area contributed by atoms with Crippen LogP contribution in [-0.4, -0.2) is 36.2 Å². The zero-order valence-electron chi connectivity index (χ0n) is 10.3. The molecule has 0 saturated carbocycles. The Morgan fingerprint density at radius 2 is 1.94 bits per heavy atom. The van der Waals surface area contributed by atoms with Gasteiger partial charge in [-0.2, -0.15) is 0 Å². The summed E-state index contributed by atoms with van der Waals surface area (Å²) in [5, 5.41) is 0. The molecule has 2 aliphatic rings. The molecule has 1 aromatic heterocycles. The van der Waals surface area contributed by atoms with Crippen molar-refractivity contribution in [2.24, 2.45) is 0 Å². The molecule has 0 aliphatic carbocycles. The predicted octanol–water partition coefficient (Wildman–Crippen LogP) is 1.98. The van der Waals surface area contributed by atoms with Gasteiger partial charge >= 0.3 is 0 Å². The molecule has 0 amide bonds. The van der Waals surface area contributed by atoms with Gasteiger partial charge < -0.3 is 9.47 Å². The van der Waals surface area contributed by atoms with Crippen molar-refractivity contribution in [1.29, 1.82) is 0 Å². The van der Waals surface area contributed by atoms with Crippen molar-refractivity contribution in [3.63, 3.8) is 0 Å². The van der Waals surface area contributed by atoms with Gasteiger partial charge in [0.05, 0.1) is 5.69 Å². The molecule has 98 valence electrons. The lowest BCUT2D eigenvalue weighted by Crippen LogP contribution is -2.30. The van der Waals surface area contributed by atoms with Gasteiger partial charge in [-0.05, 0) is 25.9 Å². The third-order valence-corrected chi connectivity index (χ3v) is 3.38. The summed E-state index contributed by atoms with van der Waals surface area (Å²) in [5.41, 5.74) is 0.459. The lowest BCUT2D eigenvalue weighted by molar-refractivity contribution is 0.160. The number of rotatable bonds is 2. The van der Waals surface area contributed by atoms with Gasteiger partial charge in [0, 0.05) is 12.6 Å². The zero-order chi connectivity index (χ0) is 12.4. The van der Waals surface area contributed by atoms with Crippen LogP contribution in [0.4, 0.5) is 4.39 Å². The Morgan fingerprint density at radius 1 is 1.17 bits per heavy atom. The average molecular weight is 252 g/mol. The summed E-state index contributed by atoms with van der Waals surface area (Å²) >= 11 is 0. The van der Waals surface area contributed by atoms with E-state index in [1.54, 1.807) is 0 Å². The molecule has 0 aromatic carbocycles. The first-order chi connectivity index (χ1) is 8.83. The first kappa shape index (κ1) is 11.7. The van der Waals surface area contributed by atoms with Crippen molar-refractivity contribution in [3.05, 3.63) is 17.6 Å². The zero-order valence-corrected chi connectivity index (χ0v) is 10.3. The molecule has 2 aliphatic heterocycles. The number of pyridine rings is 1. The number of halogens is 1. The number of likely N-dealkylation sites (tertiary alicyclic amines) is 1. The Morgan fingerprint density at radius 3 is 2.78 bits per heavy atom. The third kappa shape index (κ3) is 2.41. The minimum absolute atomic E-state index is 0.301. The molecule has 18 heavy (non-hydrogen) atoms. The molecule has 1 aromatic rings. The van der Waals surface area contributed by atoms with Crippen LogP contribution in [0.2, 0.25) is 0 Å². The van der Waals surface area contributed by atoms with Crippen molar-refractivity contribution >= 4 is 0 Å². The number of hydrogen-bond acceptors (Lipinski definition) is 4. The second-order valence-electron chi connectivity index (χ2n) is 4.75. The van der Waals surface area contributed by atoms with Crippen LogP contribution in [0, 0.1) is 5.82 Å². The van der Waals surface area contributed by atoms with Crippen LogP contribution in [-0.2, 0) is 6.54 Å². The number of nitrogens with zero attached hydrogens (tertiary/aromatic N) is 2. The summed E-state index contributed by atoms with van der Waals surface area (Å²) in [7, 11) is 0. The Bertz CT molecular complexity index is 433. The van der Waals surface area contributed by atoms with E-state index in [-0.39, 0.29) is 5.82 Å². The topological polar surface area (TPSA) is 34.6 Å². The molecular formula is C13H17FN2O2. The maximum absolute atomic E-state index is 13.9.